The molecule has 12 heteroatoms. The summed E-state index contributed by atoms with van der Waals surface area (Å²) in [6.45, 7) is 0.752. The van der Waals surface area contributed by atoms with Crippen molar-refractivity contribution in [1.82, 2.24) is 5.32 Å². The number of ether oxygens (including phenoxy) is 4. The van der Waals surface area contributed by atoms with Crippen molar-refractivity contribution in [3.63, 3.8) is 0 Å². The van der Waals surface area contributed by atoms with Crippen molar-refractivity contribution >= 4 is 35.1 Å². The topological polar surface area (TPSA) is 151 Å². The number of methoxy groups -OCH3 is 1. The molecule has 0 bridgehead atoms. The molecule has 0 radical (unpaired) electrons. The van der Waals surface area contributed by atoms with Crippen LogP contribution in [0.1, 0.15) is 24.0 Å². The quantitative estimate of drug-likeness (QED) is 0.163. The molecule has 208 valence electrons. The number of aliphatic imine (C=N–C) groups is 1. The number of rotatable bonds is 13. The summed E-state index contributed by atoms with van der Waals surface area (Å²) in [6.07, 6.45) is -3.08. The van der Waals surface area contributed by atoms with Crippen molar-refractivity contribution in [2.75, 3.05) is 20.3 Å². The number of aliphatic hydroxyl groups is 1. The highest BCUT2D eigenvalue weighted by atomic mass is 35.5. The van der Waals surface area contributed by atoms with Crippen molar-refractivity contribution in [2.45, 2.75) is 56.7 Å². The van der Waals surface area contributed by atoms with Gasteiger partial charge in [-0.15, -0.1) is 0 Å². The number of amides is 1. The summed E-state index contributed by atoms with van der Waals surface area (Å²) in [7, 11) is 1.51. The first kappa shape index (κ1) is 30.1. The molecular weight excluding hydrogens is 535 g/mol. The third-order valence-corrected chi connectivity index (χ3v) is 6.38. The Morgan fingerprint density at radius 1 is 1.03 bits per heavy atom. The molecule has 1 aliphatic rings. The van der Waals surface area contributed by atoms with E-state index in [1.807, 2.05) is 24.3 Å². The average Bonchev–Trinajstić information content (AvgIpc) is 2.89. The second-order valence-electron chi connectivity index (χ2n) is 8.83. The molecule has 2 aromatic carbocycles. The lowest BCUT2D eigenvalue weighted by molar-refractivity contribution is -0.282. The Balaban J connectivity index is 1.78. The summed E-state index contributed by atoms with van der Waals surface area (Å²) < 4.78 is 23.6. The molecule has 1 aliphatic heterocycles. The van der Waals surface area contributed by atoms with Gasteiger partial charge in [0.1, 0.15) is 24.4 Å². The Bertz CT molecular complexity index is 1040. The Kier molecular flexibility index (Phi) is 12.1. The third kappa shape index (κ3) is 9.39. The minimum atomic E-state index is -1.11. The largest absolute Gasteiger partial charge is 0.388 e. The van der Waals surface area contributed by atoms with E-state index in [-0.39, 0.29) is 38.1 Å². The van der Waals surface area contributed by atoms with Crippen LogP contribution in [0, 0.1) is 0 Å². The van der Waals surface area contributed by atoms with E-state index in [0.29, 0.717) is 23.0 Å². The zero-order valence-corrected chi connectivity index (χ0v) is 22.6. The number of guanidine groups is 1. The fourth-order valence-electron chi connectivity index (χ4n) is 3.95. The van der Waals surface area contributed by atoms with E-state index in [1.165, 1.54) is 7.11 Å². The van der Waals surface area contributed by atoms with Crippen molar-refractivity contribution < 1.29 is 28.8 Å². The summed E-state index contributed by atoms with van der Waals surface area (Å²) in [6, 6.07) is 13.5. The van der Waals surface area contributed by atoms with Gasteiger partial charge in [0.25, 0.3) is 0 Å². The number of carbonyl (C=O) groups excluding carboxylic acids is 1. The zero-order chi connectivity index (χ0) is 27.5. The Morgan fingerprint density at radius 2 is 1.61 bits per heavy atom. The number of nitrogens with one attached hydrogen (secondary N) is 1. The van der Waals surface area contributed by atoms with Crippen LogP contribution in [0.2, 0.25) is 10.0 Å². The molecule has 6 N–H and O–H groups in total. The molecule has 0 spiro atoms. The highest BCUT2D eigenvalue weighted by molar-refractivity contribution is 6.30. The predicted molar refractivity (Wildman–Crippen MR) is 145 cm³/mol. The standard InChI is InChI=1S/C26H34Cl2N4O6/c1-35-15-20-23(34)24(36-13-16-4-8-18(27)9-5-16)22(32-21(33)3-2-12-31-26(29)30)25(38-20)37-14-17-6-10-19(28)11-7-17/h4-11,20,22-25,34H,2-3,12-15H2,1H3,(H,32,33)(H4,29,30,31)/t20-,22-,23-,24-,25?/m1/s1. The molecular formula is C26H34Cl2N4O6. The van der Waals surface area contributed by atoms with Crippen molar-refractivity contribution in [2.24, 2.45) is 16.5 Å². The predicted octanol–water partition coefficient (Wildman–Crippen LogP) is 2.37. The minimum absolute atomic E-state index is 0.0373. The summed E-state index contributed by atoms with van der Waals surface area (Å²) in [5.41, 5.74) is 12.4. The van der Waals surface area contributed by atoms with Crippen LogP contribution >= 0.6 is 23.2 Å². The van der Waals surface area contributed by atoms with Gasteiger partial charge in [0.15, 0.2) is 12.2 Å². The Hall–Kier alpha value is -2.44. The maximum absolute atomic E-state index is 12.9. The fourth-order valence-corrected chi connectivity index (χ4v) is 4.20. The molecule has 3 rings (SSSR count). The minimum Gasteiger partial charge on any atom is -0.388 e. The van der Waals surface area contributed by atoms with Crippen LogP contribution in [0.5, 0.6) is 0 Å². The van der Waals surface area contributed by atoms with Crippen LogP contribution in [0.15, 0.2) is 53.5 Å². The molecule has 0 aromatic heterocycles. The summed E-state index contributed by atoms with van der Waals surface area (Å²) in [4.78, 5) is 16.8. The van der Waals surface area contributed by atoms with Crippen LogP contribution in [0.4, 0.5) is 0 Å². The lowest BCUT2D eigenvalue weighted by Gasteiger charge is -2.44. The summed E-state index contributed by atoms with van der Waals surface area (Å²) in [5.74, 6) is -0.327. The molecule has 38 heavy (non-hydrogen) atoms. The van der Waals surface area contributed by atoms with Gasteiger partial charge in [0, 0.05) is 30.1 Å². The average molecular weight is 569 g/mol. The number of hydrogen-bond acceptors (Lipinski definition) is 7. The van der Waals surface area contributed by atoms with Crippen molar-refractivity contribution in [3.05, 3.63) is 69.7 Å². The SMILES string of the molecule is COC[C@H]1OC(OCc2ccc(Cl)cc2)[C@H](NC(=O)CCCN=C(N)N)[C@@H](OCc2ccc(Cl)cc2)[C@@H]1O. The number of hydrogen-bond donors (Lipinski definition) is 4. The van der Waals surface area contributed by atoms with Gasteiger partial charge in [-0.25, -0.2) is 0 Å². The molecule has 1 fully saturated rings. The zero-order valence-electron chi connectivity index (χ0n) is 21.1. The molecule has 1 amide bonds. The second kappa shape index (κ2) is 15.2. The first-order chi connectivity index (χ1) is 18.3. The number of halogens is 2. The number of nitrogens with two attached hydrogens (primary N) is 2. The maximum Gasteiger partial charge on any atom is 0.220 e. The maximum atomic E-state index is 12.9. The van der Waals surface area contributed by atoms with E-state index in [0.717, 1.165) is 11.1 Å². The molecule has 1 saturated heterocycles. The highest BCUT2D eigenvalue weighted by Crippen LogP contribution is 2.27. The van der Waals surface area contributed by atoms with Crippen LogP contribution in [0.25, 0.3) is 0 Å². The fraction of sp³-hybridized carbons (Fsp3) is 0.462. The number of aliphatic hydroxyl groups excluding tert-OH is 1. The normalized spacial score (nSPS) is 23.1. The molecule has 0 saturated carbocycles. The second-order valence-corrected chi connectivity index (χ2v) is 9.70. The molecule has 1 unspecified atom stereocenters. The summed E-state index contributed by atoms with van der Waals surface area (Å²) in [5, 5.41) is 15.3. The number of nitrogens with zero attached hydrogens (tertiary/aromatic N) is 1. The smallest absolute Gasteiger partial charge is 0.220 e. The molecule has 1 heterocycles. The van der Waals surface area contributed by atoms with E-state index in [1.54, 1.807) is 24.3 Å². The number of carbonyl (C=O) groups is 1. The lowest BCUT2D eigenvalue weighted by Crippen LogP contribution is -2.65. The molecule has 0 aliphatic carbocycles. The molecule has 10 nitrogen and oxygen atoms in total. The van der Waals surface area contributed by atoms with Crippen molar-refractivity contribution in [3.8, 4) is 0 Å². The van der Waals surface area contributed by atoms with E-state index in [9.17, 15) is 9.90 Å². The Labute approximate surface area is 232 Å². The van der Waals surface area contributed by atoms with Gasteiger partial charge in [-0.1, -0.05) is 47.5 Å². The number of benzene rings is 2. The van der Waals surface area contributed by atoms with Crippen molar-refractivity contribution in [1.29, 1.82) is 0 Å². The molecule has 5 atom stereocenters. The van der Waals surface area contributed by atoms with Gasteiger partial charge in [0.2, 0.25) is 5.91 Å². The first-order valence-corrected chi connectivity index (χ1v) is 12.9. The van der Waals surface area contributed by atoms with Gasteiger partial charge in [-0.05, 0) is 41.8 Å². The van der Waals surface area contributed by atoms with Crippen LogP contribution in [0.3, 0.4) is 0 Å². The van der Waals surface area contributed by atoms with E-state index in [2.05, 4.69) is 10.3 Å². The monoisotopic (exact) mass is 568 g/mol. The molecule has 2 aromatic rings. The first-order valence-electron chi connectivity index (χ1n) is 12.2. The van der Waals surface area contributed by atoms with Gasteiger partial charge >= 0.3 is 0 Å². The van der Waals surface area contributed by atoms with E-state index >= 15 is 0 Å². The highest BCUT2D eigenvalue weighted by Gasteiger charge is 2.47. The van der Waals surface area contributed by atoms with Gasteiger partial charge < -0.3 is 40.8 Å². The van der Waals surface area contributed by atoms with E-state index < -0.39 is 30.6 Å². The lowest BCUT2D eigenvalue weighted by atomic mass is 9.96. The third-order valence-electron chi connectivity index (χ3n) is 5.87. The Morgan fingerprint density at radius 3 is 2.16 bits per heavy atom. The van der Waals surface area contributed by atoms with Crippen LogP contribution in [-0.4, -0.2) is 67.9 Å². The van der Waals surface area contributed by atoms with Gasteiger partial charge in [-0.3, -0.25) is 9.79 Å². The van der Waals surface area contributed by atoms with Crippen LogP contribution < -0.4 is 16.8 Å². The van der Waals surface area contributed by atoms with Crippen LogP contribution in [-0.2, 0) is 37.0 Å². The van der Waals surface area contributed by atoms with Gasteiger partial charge in [-0.2, -0.15) is 0 Å². The van der Waals surface area contributed by atoms with Gasteiger partial charge in [0.05, 0.1) is 19.8 Å². The van der Waals surface area contributed by atoms with E-state index in [4.69, 9.17) is 53.6 Å². The summed E-state index contributed by atoms with van der Waals surface area (Å²) >= 11 is 12.0.